The minimum atomic E-state index is -0.650. The largest absolute Gasteiger partial charge is 0.504 e. The Kier molecular flexibility index (Phi) is 15.5. The lowest BCUT2D eigenvalue weighted by atomic mass is 9.77. The second-order valence-corrected chi connectivity index (χ2v) is 20.9. The maximum atomic E-state index is 15.3. The van der Waals surface area contributed by atoms with Crippen LogP contribution in [0.1, 0.15) is 188 Å². The molecule has 0 bridgehead atoms. The lowest BCUT2D eigenvalue weighted by Gasteiger charge is -2.29. The van der Waals surface area contributed by atoms with E-state index in [4.69, 9.17) is 9.47 Å². The van der Waals surface area contributed by atoms with E-state index in [0.717, 1.165) is 34.2 Å². The average Bonchev–Trinajstić information content (AvgIpc) is 3.37. The van der Waals surface area contributed by atoms with Crippen molar-refractivity contribution in [2.75, 3.05) is 10.6 Å². The van der Waals surface area contributed by atoms with Crippen LogP contribution in [0.15, 0.2) is 103 Å². The van der Waals surface area contributed by atoms with Crippen LogP contribution < -0.4 is 20.1 Å². The van der Waals surface area contributed by atoms with Gasteiger partial charge in [-0.25, -0.2) is 0 Å². The number of ketones is 2. The minimum absolute atomic E-state index is 0.0134. The summed E-state index contributed by atoms with van der Waals surface area (Å²) in [4.78, 5) is 30.6. The summed E-state index contributed by atoms with van der Waals surface area (Å²) in [5.74, 6) is 1.40. The van der Waals surface area contributed by atoms with E-state index in [0.29, 0.717) is 29.0 Å². The van der Waals surface area contributed by atoms with Crippen molar-refractivity contribution in [2.24, 2.45) is 11.8 Å². The van der Waals surface area contributed by atoms with E-state index in [2.05, 4.69) is 48.7 Å². The molecule has 0 amide bonds. The van der Waals surface area contributed by atoms with Crippen molar-refractivity contribution < 1.29 is 29.3 Å². The first kappa shape index (κ1) is 49.4. The number of nitrogens with one attached hydrogen (secondary N) is 2. The first-order valence-electron chi connectivity index (χ1n) is 26.6. The summed E-state index contributed by atoms with van der Waals surface area (Å²) in [7, 11) is 0. The number of carbonyl (C=O) groups excluding carboxylic acids is 2. The fourth-order valence-corrected chi connectivity index (χ4v) is 11.8. The zero-order chi connectivity index (χ0) is 49.6. The normalized spacial score (nSPS) is 18.7. The molecule has 0 heterocycles. The first-order chi connectivity index (χ1) is 34.5. The van der Waals surface area contributed by atoms with E-state index in [9.17, 15) is 10.2 Å². The molecule has 6 aromatic rings. The Morgan fingerprint density at radius 2 is 0.930 bits per heavy atom. The highest BCUT2D eigenvalue weighted by Gasteiger charge is 2.41. The number of fused-ring (bicyclic) bond motifs is 2. The molecule has 9 rings (SSSR count). The zero-order valence-corrected chi connectivity index (χ0v) is 42.5. The number of ether oxygens (including phenoxy) is 2. The molecule has 6 aromatic carbocycles. The highest BCUT2D eigenvalue weighted by molar-refractivity contribution is 6.34. The number of rotatable bonds is 18. The van der Waals surface area contributed by atoms with Crippen molar-refractivity contribution in [3.8, 4) is 34.5 Å². The van der Waals surface area contributed by atoms with Gasteiger partial charge in [0.05, 0.1) is 33.6 Å². The van der Waals surface area contributed by atoms with Crippen LogP contribution in [0, 0.1) is 32.6 Å². The number of unbranched alkanes of at least 4 members (excludes halogenated alkanes) is 4. The molecule has 0 saturated heterocycles. The van der Waals surface area contributed by atoms with Gasteiger partial charge in [-0.3, -0.25) is 9.59 Å². The predicted molar refractivity (Wildman–Crippen MR) is 287 cm³/mol. The molecule has 8 nitrogen and oxygen atoms in total. The molecule has 3 aliphatic carbocycles. The molecule has 0 atom stereocenters. The van der Waals surface area contributed by atoms with Crippen LogP contribution in [0.4, 0.5) is 22.7 Å². The van der Waals surface area contributed by atoms with Gasteiger partial charge in [-0.05, 0) is 154 Å². The molecule has 0 spiro atoms. The molecule has 370 valence electrons. The summed E-state index contributed by atoms with van der Waals surface area (Å²) in [6, 6.07) is 32.6. The van der Waals surface area contributed by atoms with Crippen molar-refractivity contribution >= 4 is 34.3 Å². The van der Waals surface area contributed by atoms with Gasteiger partial charge in [0.1, 0.15) is 11.5 Å². The minimum Gasteiger partial charge on any atom is -0.504 e. The number of hydrogen-bond donors (Lipinski definition) is 4. The van der Waals surface area contributed by atoms with Crippen molar-refractivity contribution in [2.45, 2.75) is 149 Å². The fraction of sp³-hybridized carbons (Fsp3) is 0.397. The third-order valence-corrected chi connectivity index (χ3v) is 15.7. The summed E-state index contributed by atoms with van der Waals surface area (Å²) in [5.41, 5.74) is 6.80. The highest BCUT2D eigenvalue weighted by Crippen LogP contribution is 2.51. The van der Waals surface area contributed by atoms with Crippen molar-refractivity contribution in [1.82, 2.24) is 0 Å². The summed E-state index contributed by atoms with van der Waals surface area (Å²) < 4.78 is 12.9. The Morgan fingerprint density at radius 3 is 1.35 bits per heavy atom. The SMILES string of the molecule is CCCCCC1CCC(c2ccc(Oc3cc(Nc4ccccc4)c4c(c3O)C(=O)c3c(Nc5c(C)cc(C)cc5C)cc(Oc5ccc(C6CCC(CCCCC)CC6)cc5)c(O)c3C4=O)cc2)CC1. The first-order valence-corrected chi connectivity index (χ1v) is 26.6. The average molecular weight is 953 g/mol. The van der Waals surface area contributed by atoms with Gasteiger partial charge in [0.25, 0.3) is 0 Å². The van der Waals surface area contributed by atoms with Crippen LogP contribution in [0.2, 0.25) is 0 Å². The monoisotopic (exact) mass is 953 g/mol. The number of para-hydroxylation sites is 1. The number of anilines is 4. The van der Waals surface area contributed by atoms with Crippen molar-refractivity contribution in [3.05, 3.63) is 153 Å². The smallest absolute Gasteiger partial charge is 0.200 e. The number of carbonyl (C=O) groups is 2. The van der Waals surface area contributed by atoms with Crippen LogP contribution in [-0.4, -0.2) is 21.8 Å². The topological polar surface area (TPSA) is 117 Å². The summed E-state index contributed by atoms with van der Waals surface area (Å²) in [5, 5.41) is 31.3. The van der Waals surface area contributed by atoms with E-state index < -0.39 is 23.1 Å². The van der Waals surface area contributed by atoms with Gasteiger partial charge in [0.15, 0.2) is 23.0 Å². The van der Waals surface area contributed by atoms with Gasteiger partial charge in [-0.15, -0.1) is 0 Å². The van der Waals surface area contributed by atoms with Crippen molar-refractivity contribution in [1.29, 1.82) is 0 Å². The van der Waals surface area contributed by atoms with Crippen LogP contribution in [0.25, 0.3) is 0 Å². The zero-order valence-electron chi connectivity index (χ0n) is 42.5. The Balaban J connectivity index is 1.05. The Bertz CT molecular complexity index is 2810. The molecule has 2 saturated carbocycles. The van der Waals surface area contributed by atoms with Gasteiger partial charge in [-0.2, -0.15) is 0 Å². The molecule has 0 aromatic heterocycles. The summed E-state index contributed by atoms with van der Waals surface area (Å²) in [6.07, 6.45) is 20.1. The molecule has 0 radical (unpaired) electrons. The predicted octanol–water partition coefficient (Wildman–Crippen LogP) is 17.6. The Labute approximate surface area is 421 Å². The Hall–Kier alpha value is -6.54. The highest BCUT2D eigenvalue weighted by atomic mass is 16.5. The number of hydrogen-bond acceptors (Lipinski definition) is 8. The summed E-state index contributed by atoms with van der Waals surface area (Å²) >= 11 is 0. The molecule has 2 fully saturated rings. The second-order valence-electron chi connectivity index (χ2n) is 20.9. The van der Waals surface area contributed by atoms with E-state index in [1.54, 1.807) is 12.1 Å². The van der Waals surface area contributed by atoms with Crippen LogP contribution in [-0.2, 0) is 0 Å². The van der Waals surface area contributed by atoms with E-state index >= 15 is 9.59 Å². The van der Waals surface area contributed by atoms with Crippen LogP contribution in [0.5, 0.6) is 34.5 Å². The molecule has 8 heteroatoms. The van der Waals surface area contributed by atoms with Gasteiger partial charge >= 0.3 is 0 Å². The Morgan fingerprint density at radius 1 is 0.507 bits per heavy atom. The lowest BCUT2D eigenvalue weighted by Crippen LogP contribution is -2.24. The number of aryl methyl sites for hydroxylation is 3. The van der Waals surface area contributed by atoms with Gasteiger partial charge in [0.2, 0.25) is 11.6 Å². The lowest BCUT2D eigenvalue weighted by molar-refractivity contribution is 0.0974. The third kappa shape index (κ3) is 11.0. The van der Waals surface area contributed by atoms with Crippen LogP contribution >= 0.6 is 0 Å². The molecule has 4 N–H and O–H groups in total. The second kappa shape index (κ2) is 22.3. The standard InChI is InChI=1S/C63H72N2O6/c1-6-8-11-15-42-19-23-44(24-20-42)46-27-31-49(32-28-46)70-53-37-51(64-48-17-13-10-14-18-48)55-57(60(53)66)63(69)56-52(65-59-40(4)35-39(3)36-41(59)5)38-54(61(67)58(56)62(55)68)71-50-33-29-47(30-34-50)45-25-21-43(22-26-45)16-12-9-7-2/h10,13-14,17-18,27-38,42-45,64-67H,6-9,11-12,15-16,19-26H2,1-5H3. The molecular weight excluding hydrogens is 881 g/mol. The van der Waals surface area contributed by atoms with Crippen LogP contribution in [0.3, 0.4) is 0 Å². The number of benzene rings is 6. The number of phenols is 2. The van der Waals surface area contributed by atoms with E-state index in [-0.39, 0.29) is 45.1 Å². The van der Waals surface area contributed by atoms with Gasteiger partial charge in [-0.1, -0.05) is 125 Å². The molecule has 71 heavy (non-hydrogen) atoms. The fourth-order valence-electron chi connectivity index (χ4n) is 11.8. The summed E-state index contributed by atoms with van der Waals surface area (Å²) in [6.45, 7) is 10.5. The maximum Gasteiger partial charge on any atom is 0.200 e. The van der Waals surface area contributed by atoms with E-state index in [1.165, 1.54) is 114 Å². The number of aromatic hydroxyl groups is 2. The maximum absolute atomic E-state index is 15.3. The molecular formula is C63H72N2O6. The number of phenolic OH excluding ortho intramolecular Hbond substituents is 2. The molecule has 3 aliphatic rings. The third-order valence-electron chi connectivity index (χ3n) is 15.7. The quantitative estimate of drug-likeness (QED) is 0.0496. The van der Waals surface area contributed by atoms with E-state index in [1.807, 2.05) is 87.5 Å². The van der Waals surface area contributed by atoms with Gasteiger partial charge < -0.3 is 30.3 Å². The van der Waals surface area contributed by atoms with Crippen molar-refractivity contribution in [3.63, 3.8) is 0 Å². The molecule has 0 unspecified atom stereocenters. The van der Waals surface area contributed by atoms with Gasteiger partial charge in [0, 0.05) is 23.5 Å². The molecule has 0 aliphatic heterocycles.